The van der Waals surface area contributed by atoms with Crippen molar-refractivity contribution in [2.24, 2.45) is 5.41 Å². The second-order valence-corrected chi connectivity index (χ2v) is 4.30. The average molecular weight is 215 g/mol. The Morgan fingerprint density at radius 1 is 1.33 bits per heavy atom. The van der Waals surface area contributed by atoms with E-state index in [0.29, 0.717) is 6.54 Å². The van der Waals surface area contributed by atoms with Gasteiger partial charge in [0.15, 0.2) is 0 Å². The van der Waals surface area contributed by atoms with E-state index >= 15 is 0 Å². The molecule has 0 radical (unpaired) electrons. The quantitative estimate of drug-likeness (QED) is 0.808. The maximum atomic E-state index is 13.2. The molecule has 1 aromatic rings. The molecular formula is C11H15F2NO. The highest BCUT2D eigenvalue weighted by molar-refractivity contribution is 5.44. The normalized spacial score (nSPS) is 11.5. The monoisotopic (exact) mass is 215 g/mol. The fourth-order valence-corrected chi connectivity index (χ4v) is 1.02. The van der Waals surface area contributed by atoms with Gasteiger partial charge < -0.3 is 10.4 Å². The van der Waals surface area contributed by atoms with Crippen molar-refractivity contribution in [2.75, 3.05) is 18.5 Å². The largest absolute Gasteiger partial charge is 0.396 e. The van der Waals surface area contributed by atoms with Crippen LogP contribution in [0.4, 0.5) is 14.5 Å². The van der Waals surface area contributed by atoms with Crippen LogP contribution in [0.1, 0.15) is 13.8 Å². The number of hydrogen-bond donors (Lipinski definition) is 2. The van der Waals surface area contributed by atoms with Gasteiger partial charge in [-0.2, -0.15) is 0 Å². The summed E-state index contributed by atoms with van der Waals surface area (Å²) in [5.74, 6) is -0.981. The number of aliphatic hydroxyl groups excluding tert-OH is 1. The van der Waals surface area contributed by atoms with Gasteiger partial charge in [0.2, 0.25) is 0 Å². The van der Waals surface area contributed by atoms with Crippen LogP contribution in [0.5, 0.6) is 0 Å². The summed E-state index contributed by atoms with van der Waals surface area (Å²) >= 11 is 0. The molecule has 0 bridgehead atoms. The molecule has 0 atom stereocenters. The van der Waals surface area contributed by atoms with E-state index in [1.165, 1.54) is 0 Å². The third-order valence-corrected chi connectivity index (χ3v) is 2.11. The molecule has 0 saturated heterocycles. The van der Waals surface area contributed by atoms with E-state index < -0.39 is 11.6 Å². The van der Waals surface area contributed by atoms with Crippen LogP contribution >= 0.6 is 0 Å². The van der Waals surface area contributed by atoms with E-state index in [2.05, 4.69) is 5.32 Å². The Morgan fingerprint density at radius 3 is 2.60 bits per heavy atom. The average Bonchev–Trinajstić information content (AvgIpc) is 2.20. The fourth-order valence-electron chi connectivity index (χ4n) is 1.02. The lowest BCUT2D eigenvalue weighted by Crippen LogP contribution is -2.27. The van der Waals surface area contributed by atoms with E-state index in [0.717, 1.165) is 18.2 Å². The number of nitrogens with one attached hydrogen (secondary N) is 1. The lowest BCUT2D eigenvalue weighted by molar-refractivity contribution is 0.170. The van der Waals surface area contributed by atoms with Gasteiger partial charge in [-0.25, -0.2) is 8.78 Å². The Kier molecular flexibility index (Phi) is 3.63. The van der Waals surface area contributed by atoms with Crippen LogP contribution in [0, 0.1) is 17.0 Å². The van der Waals surface area contributed by atoms with Gasteiger partial charge in [-0.15, -0.1) is 0 Å². The highest BCUT2D eigenvalue weighted by Gasteiger charge is 2.16. The first-order chi connectivity index (χ1) is 6.94. The summed E-state index contributed by atoms with van der Waals surface area (Å²) in [6, 6.07) is 3.24. The predicted octanol–water partition coefficient (Wildman–Crippen LogP) is 2.40. The van der Waals surface area contributed by atoms with Gasteiger partial charge in [0.05, 0.1) is 5.69 Å². The molecule has 4 heteroatoms. The zero-order valence-electron chi connectivity index (χ0n) is 8.85. The summed E-state index contributed by atoms with van der Waals surface area (Å²) in [5, 5.41) is 11.8. The first kappa shape index (κ1) is 11.9. The van der Waals surface area contributed by atoms with E-state index in [-0.39, 0.29) is 17.7 Å². The standard InChI is InChI=1S/C11H15F2NO/c1-11(2,7-15)6-14-10-5-8(12)3-4-9(10)13/h3-5,14-15H,6-7H2,1-2H3. The molecule has 0 aliphatic heterocycles. The van der Waals surface area contributed by atoms with Gasteiger partial charge >= 0.3 is 0 Å². The van der Waals surface area contributed by atoms with Gasteiger partial charge in [-0.1, -0.05) is 13.8 Å². The molecule has 1 aromatic carbocycles. The topological polar surface area (TPSA) is 32.3 Å². The van der Waals surface area contributed by atoms with E-state index in [9.17, 15) is 8.78 Å². The molecular weight excluding hydrogens is 200 g/mol. The predicted molar refractivity (Wildman–Crippen MR) is 55.7 cm³/mol. The summed E-state index contributed by atoms with van der Waals surface area (Å²) in [6.07, 6.45) is 0. The summed E-state index contributed by atoms with van der Waals surface area (Å²) in [4.78, 5) is 0. The van der Waals surface area contributed by atoms with Crippen molar-refractivity contribution >= 4 is 5.69 Å². The molecule has 0 spiro atoms. The summed E-state index contributed by atoms with van der Waals surface area (Å²) < 4.78 is 25.9. The maximum absolute atomic E-state index is 13.2. The number of hydrogen-bond acceptors (Lipinski definition) is 2. The first-order valence-electron chi connectivity index (χ1n) is 4.74. The van der Waals surface area contributed by atoms with Crippen LogP contribution in [0.15, 0.2) is 18.2 Å². The highest BCUT2D eigenvalue weighted by Crippen LogP contribution is 2.19. The fraction of sp³-hybridized carbons (Fsp3) is 0.455. The van der Waals surface area contributed by atoms with Crippen LogP contribution in [0.25, 0.3) is 0 Å². The van der Waals surface area contributed by atoms with Crippen LogP contribution in [0.2, 0.25) is 0 Å². The van der Waals surface area contributed by atoms with Gasteiger partial charge in [-0.3, -0.25) is 0 Å². The van der Waals surface area contributed by atoms with Crippen molar-refractivity contribution < 1.29 is 13.9 Å². The van der Waals surface area contributed by atoms with Crippen molar-refractivity contribution in [3.63, 3.8) is 0 Å². The third kappa shape index (κ3) is 3.47. The Bertz CT molecular complexity index is 339. The molecule has 1 rings (SSSR count). The van der Waals surface area contributed by atoms with Crippen LogP contribution in [-0.4, -0.2) is 18.3 Å². The van der Waals surface area contributed by atoms with Crippen molar-refractivity contribution in [3.8, 4) is 0 Å². The Morgan fingerprint density at radius 2 is 2.00 bits per heavy atom. The third-order valence-electron chi connectivity index (χ3n) is 2.11. The lowest BCUT2D eigenvalue weighted by atomic mass is 9.95. The Labute approximate surface area is 87.9 Å². The number of aliphatic hydroxyl groups is 1. The summed E-state index contributed by atoms with van der Waals surface area (Å²) in [7, 11) is 0. The van der Waals surface area contributed by atoms with Gasteiger partial charge in [-0.05, 0) is 18.2 Å². The second-order valence-electron chi connectivity index (χ2n) is 4.30. The van der Waals surface area contributed by atoms with Crippen molar-refractivity contribution in [2.45, 2.75) is 13.8 Å². The minimum atomic E-state index is -0.495. The van der Waals surface area contributed by atoms with Crippen LogP contribution < -0.4 is 5.32 Å². The number of benzene rings is 1. The van der Waals surface area contributed by atoms with Crippen molar-refractivity contribution in [3.05, 3.63) is 29.8 Å². The number of rotatable bonds is 4. The molecule has 15 heavy (non-hydrogen) atoms. The number of anilines is 1. The van der Waals surface area contributed by atoms with Gasteiger partial charge in [0.25, 0.3) is 0 Å². The van der Waals surface area contributed by atoms with Crippen molar-refractivity contribution in [1.82, 2.24) is 0 Å². The molecule has 0 unspecified atom stereocenters. The van der Waals surface area contributed by atoms with E-state index in [4.69, 9.17) is 5.11 Å². The van der Waals surface area contributed by atoms with Crippen LogP contribution in [0.3, 0.4) is 0 Å². The molecule has 0 fully saturated rings. The molecule has 2 N–H and O–H groups in total. The highest BCUT2D eigenvalue weighted by atomic mass is 19.1. The van der Waals surface area contributed by atoms with E-state index in [1.54, 1.807) is 0 Å². The smallest absolute Gasteiger partial charge is 0.146 e. The molecule has 0 saturated carbocycles. The molecule has 84 valence electrons. The Hall–Kier alpha value is -1.16. The van der Waals surface area contributed by atoms with Gasteiger partial charge in [0, 0.05) is 18.6 Å². The molecule has 0 aliphatic carbocycles. The van der Waals surface area contributed by atoms with Gasteiger partial charge in [0.1, 0.15) is 11.6 Å². The zero-order valence-corrected chi connectivity index (χ0v) is 8.85. The molecule has 0 aromatic heterocycles. The zero-order chi connectivity index (χ0) is 11.5. The number of halogens is 2. The second kappa shape index (κ2) is 4.57. The lowest BCUT2D eigenvalue weighted by Gasteiger charge is -2.22. The minimum absolute atomic E-state index is 0.0169. The Balaban J connectivity index is 2.69. The van der Waals surface area contributed by atoms with Crippen LogP contribution in [-0.2, 0) is 0 Å². The SMILES string of the molecule is CC(C)(CO)CNc1cc(F)ccc1F. The molecule has 2 nitrogen and oxygen atoms in total. The van der Waals surface area contributed by atoms with E-state index in [1.807, 2.05) is 13.8 Å². The molecule has 0 aliphatic rings. The summed E-state index contributed by atoms with van der Waals surface area (Å²) in [5.41, 5.74) is -0.241. The summed E-state index contributed by atoms with van der Waals surface area (Å²) in [6.45, 7) is 4.02. The minimum Gasteiger partial charge on any atom is -0.396 e. The first-order valence-corrected chi connectivity index (χ1v) is 4.74. The molecule has 0 heterocycles. The van der Waals surface area contributed by atoms with Crippen molar-refractivity contribution in [1.29, 1.82) is 0 Å². The molecule has 0 amide bonds. The maximum Gasteiger partial charge on any atom is 0.146 e.